The second-order valence-corrected chi connectivity index (χ2v) is 8.98. The highest BCUT2D eigenvalue weighted by Gasteiger charge is 2.30. The van der Waals surface area contributed by atoms with Crippen LogP contribution < -0.4 is 33.2 Å². The molecule has 3 amide bonds. The molecule has 1 aromatic rings. The highest BCUT2D eigenvalue weighted by molar-refractivity contribution is 7.80. The first-order chi connectivity index (χ1) is 17.0. The number of carboxylic acids is 1. The first-order valence-corrected chi connectivity index (χ1v) is 12.2. The standard InChI is InChI=1S/C23H37N7O5S/c1-13(2)18(24)21(33)30-17(12-36)20(32)28-15(9-6-10-27-23(25)26)19(31)29-16(22(34)35)11-14-7-4-3-5-8-14/h3-5,7-8,13,15-18,36H,6,9-12,24H2,1-2H3,(H,28,32)(H,29,31)(H,30,33)(H,34,35)(H4,25,26,27). The Hall–Kier alpha value is -3.32. The number of hydrogen-bond acceptors (Lipinski definition) is 7. The molecule has 10 N–H and O–H groups in total. The van der Waals surface area contributed by atoms with E-state index in [2.05, 4.69) is 33.6 Å². The van der Waals surface area contributed by atoms with Crippen LogP contribution in [0.1, 0.15) is 32.3 Å². The van der Waals surface area contributed by atoms with Crippen LogP contribution in [0.2, 0.25) is 0 Å². The number of thiol groups is 1. The molecule has 0 aliphatic heterocycles. The number of benzene rings is 1. The lowest BCUT2D eigenvalue weighted by Gasteiger charge is -2.25. The molecule has 0 saturated heterocycles. The number of nitrogens with one attached hydrogen (secondary N) is 3. The van der Waals surface area contributed by atoms with Crippen LogP contribution in [0.5, 0.6) is 0 Å². The van der Waals surface area contributed by atoms with Gasteiger partial charge in [0.25, 0.3) is 0 Å². The minimum Gasteiger partial charge on any atom is -0.480 e. The number of aliphatic carboxylic acids is 1. The predicted molar refractivity (Wildman–Crippen MR) is 140 cm³/mol. The number of nitrogens with two attached hydrogens (primary N) is 3. The molecule has 1 rings (SSSR count). The van der Waals surface area contributed by atoms with Crippen molar-refractivity contribution >= 4 is 42.3 Å². The average molecular weight is 524 g/mol. The van der Waals surface area contributed by atoms with Crippen LogP contribution in [0.3, 0.4) is 0 Å². The summed E-state index contributed by atoms with van der Waals surface area (Å²) in [5, 5.41) is 17.2. The van der Waals surface area contributed by atoms with Crippen LogP contribution in [-0.2, 0) is 25.6 Å². The van der Waals surface area contributed by atoms with Gasteiger partial charge in [-0.2, -0.15) is 12.6 Å². The average Bonchev–Trinajstić information content (AvgIpc) is 2.83. The second-order valence-electron chi connectivity index (χ2n) is 8.61. The summed E-state index contributed by atoms with van der Waals surface area (Å²) >= 11 is 4.13. The fraction of sp³-hybridized carbons (Fsp3) is 0.522. The molecule has 0 radical (unpaired) electrons. The summed E-state index contributed by atoms with van der Waals surface area (Å²) in [5.41, 5.74) is 17.2. The van der Waals surface area contributed by atoms with E-state index in [1.54, 1.807) is 44.2 Å². The number of amides is 3. The zero-order valence-electron chi connectivity index (χ0n) is 20.5. The lowest BCUT2D eigenvalue weighted by atomic mass is 10.0. The molecule has 200 valence electrons. The van der Waals surface area contributed by atoms with Gasteiger partial charge in [-0.3, -0.25) is 19.4 Å². The Morgan fingerprint density at radius 1 is 0.944 bits per heavy atom. The van der Waals surface area contributed by atoms with Gasteiger partial charge >= 0.3 is 5.97 Å². The maximum Gasteiger partial charge on any atom is 0.326 e. The molecule has 4 atom stereocenters. The third kappa shape index (κ3) is 11.0. The second kappa shape index (κ2) is 15.6. The molecule has 13 heteroatoms. The number of aliphatic imine (C=N–C) groups is 1. The minimum atomic E-state index is -1.22. The van der Waals surface area contributed by atoms with E-state index >= 15 is 0 Å². The summed E-state index contributed by atoms with van der Waals surface area (Å²) in [6.07, 6.45) is 0.493. The lowest BCUT2D eigenvalue weighted by molar-refractivity contribution is -0.142. The van der Waals surface area contributed by atoms with Gasteiger partial charge in [0, 0.05) is 18.7 Å². The quantitative estimate of drug-likeness (QED) is 0.0599. The number of rotatable bonds is 15. The smallest absolute Gasteiger partial charge is 0.326 e. The van der Waals surface area contributed by atoms with Gasteiger partial charge in [0.05, 0.1) is 6.04 Å². The van der Waals surface area contributed by atoms with Gasteiger partial charge in [0.15, 0.2) is 5.96 Å². The minimum absolute atomic E-state index is 0.0452. The summed E-state index contributed by atoms with van der Waals surface area (Å²) in [5.74, 6) is -3.42. The predicted octanol–water partition coefficient (Wildman–Crippen LogP) is -1.27. The van der Waals surface area contributed by atoms with Crippen molar-refractivity contribution in [2.75, 3.05) is 12.3 Å². The Morgan fingerprint density at radius 3 is 2.03 bits per heavy atom. The molecule has 0 heterocycles. The van der Waals surface area contributed by atoms with Crippen LogP contribution in [0.15, 0.2) is 35.3 Å². The summed E-state index contributed by atoms with van der Waals surface area (Å²) < 4.78 is 0. The van der Waals surface area contributed by atoms with Gasteiger partial charge in [-0.1, -0.05) is 44.2 Å². The molecule has 36 heavy (non-hydrogen) atoms. The van der Waals surface area contributed by atoms with Crippen molar-refractivity contribution in [3.63, 3.8) is 0 Å². The molecule has 4 unspecified atom stereocenters. The fourth-order valence-electron chi connectivity index (χ4n) is 3.13. The lowest BCUT2D eigenvalue weighted by Crippen LogP contribution is -2.58. The topological polar surface area (TPSA) is 215 Å². The molecule has 0 saturated carbocycles. The normalized spacial score (nSPS) is 14.1. The Balaban J connectivity index is 2.98. The first kappa shape index (κ1) is 30.7. The van der Waals surface area contributed by atoms with Crippen molar-refractivity contribution in [3.05, 3.63) is 35.9 Å². The van der Waals surface area contributed by atoms with Gasteiger partial charge < -0.3 is 38.3 Å². The van der Waals surface area contributed by atoms with Gasteiger partial charge in [-0.05, 0) is 24.3 Å². The molecule has 0 bridgehead atoms. The number of guanidine groups is 1. The third-order valence-corrected chi connectivity index (χ3v) is 5.68. The van der Waals surface area contributed by atoms with E-state index in [0.29, 0.717) is 6.42 Å². The van der Waals surface area contributed by atoms with Gasteiger partial charge in [0.2, 0.25) is 17.7 Å². The number of hydrogen-bond donors (Lipinski definition) is 8. The van der Waals surface area contributed by atoms with Crippen molar-refractivity contribution in [1.82, 2.24) is 16.0 Å². The Kier molecular flexibility index (Phi) is 13.3. The largest absolute Gasteiger partial charge is 0.480 e. The highest BCUT2D eigenvalue weighted by atomic mass is 32.1. The number of nitrogens with zero attached hydrogens (tertiary/aromatic N) is 1. The van der Waals surface area contributed by atoms with Crippen LogP contribution in [0.25, 0.3) is 0 Å². The summed E-state index contributed by atoms with van der Waals surface area (Å²) in [6, 6.07) is 4.61. The highest BCUT2D eigenvalue weighted by Crippen LogP contribution is 2.07. The van der Waals surface area contributed by atoms with E-state index in [0.717, 1.165) is 5.56 Å². The zero-order valence-corrected chi connectivity index (χ0v) is 21.4. The fourth-order valence-corrected chi connectivity index (χ4v) is 3.39. The summed E-state index contributed by atoms with van der Waals surface area (Å²) in [4.78, 5) is 53.9. The van der Waals surface area contributed by atoms with Crippen molar-refractivity contribution in [3.8, 4) is 0 Å². The van der Waals surface area contributed by atoms with Crippen molar-refractivity contribution in [2.24, 2.45) is 28.1 Å². The summed E-state index contributed by atoms with van der Waals surface area (Å²) in [7, 11) is 0. The number of carboxylic acid groups (broad SMARTS) is 1. The van der Waals surface area contributed by atoms with Crippen molar-refractivity contribution in [2.45, 2.75) is 57.3 Å². The Labute approximate surface area is 216 Å². The van der Waals surface area contributed by atoms with Crippen LogP contribution >= 0.6 is 12.6 Å². The third-order valence-electron chi connectivity index (χ3n) is 5.31. The zero-order chi connectivity index (χ0) is 27.3. The maximum absolute atomic E-state index is 13.0. The Morgan fingerprint density at radius 2 is 1.50 bits per heavy atom. The monoisotopic (exact) mass is 523 g/mol. The van der Waals surface area contributed by atoms with Gasteiger partial charge in [-0.15, -0.1) is 0 Å². The van der Waals surface area contributed by atoms with Gasteiger partial charge in [-0.25, -0.2) is 4.79 Å². The number of carbonyl (C=O) groups is 4. The molecule has 12 nitrogen and oxygen atoms in total. The molecule has 0 aromatic heterocycles. The molecule has 0 aliphatic rings. The first-order valence-electron chi connectivity index (χ1n) is 11.6. The van der Waals surface area contributed by atoms with Crippen LogP contribution in [0, 0.1) is 5.92 Å². The SMILES string of the molecule is CC(C)C(N)C(=O)NC(CS)C(=O)NC(CCCN=C(N)N)C(=O)NC(Cc1ccccc1)C(=O)O. The van der Waals surface area contributed by atoms with E-state index < -0.39 is 47.9 Å². The molecule has 0 aliphatic carbocycles. The molecular formula is C23H37N7O5S. The van der Waals surface area contributed by atoms with Crippen LogP contribution in [0.4, 0.5) is 0 Å². The van der Waals surface area contributed by atoms with Crippen molar-refractivity contribution < 1.29 is 24.3 Å². The van der Waals surface area contributed by atoms with E-state index in [-0.39, 0.29) is 37.0 Å². The molecule has 1 aromatic carbocycles. The Bertz CT molecular complexity index is 909. The maximum atomic E-state index is 13.0. The van der Waals surface area contributed by atoms with E-state index in [9.17, 15) is 24.3 Å². The summed E-state index contributed by atoms with van der Waals surface area (Å²) in [6.45, 7) is 3.74. The molecular weight excluding hydrogens is 486 g/mol. The number of carbonyl (C=O) groups excluding carboxylic acids is 3. The molecule has 0 fully saturated rings. The van der Waals surface area contributed by atoms with E-state index in [4.69, 9.17) is 17.2 Å². The van der Waals surface area contributed by atoms with E-state index in [1.165, 1.54) is 0 Å². The van der Waals surface area contributed by atoms with E-state index in [1.807, 2.05) is 0 Å². The van der Waals surface area contributed by atoms with Crippen LogP contribution in [-0.4, -0.2) is 71.2 Å². The van der Waals surface area contributed by atoms with Crippen molar-refractivity contribution in [1.29, 1.82) is 0 Å². The molecule has 0 spiro atoms. The van der Waals surface area contributed by atoms with Gasteiger partial charge in [0.1, 0.15) is 18.1 Å².